The molecule has 0 radical (unpaired) electrons. The molecule has 2 heterocycles. The lowest BCUT2D eigenvalue weighted by Gasteiger charge is -2.22. The molecule has 2 aliphatic rings. The monoisotopic (exact) mass is 306 g/mol. The van der Waals surface area contributed by atoms with E-state index in [4.69, 9.17) is 0 Å². The third-order valence-electron chi connectivity index (χ3n) is 4.09. The highest BCUT2D eigenvalue weighted by Crippen LogP contribution is 2.38. The van der Waals surface area contributed by atoms with E-state index in [1.165, 1.54) is 42.8 Å². The maximum Gasteiger partial charge on any atom is 0.261 e. The van der Waals surface area contributed by atoms with E-state index in [1.54, 1.807) is 11.3 Å². The second-order valence-corrected chi connectivity index (χ2v) is 8.52. The summed E-state index contributed by atoms with van der Waals surface area (Å²) in [5.74, 6) is 0.969. The molecule has 0 spiro atoms. The maximum atomic E-state index is 12.4. The van der Waals surface area contributed by atoms with E-state index in [9.17, 15) is 4.79 Å². The van der Waals surface area contributed by atoms with E-state index in [0.29, 0.717) is 0 Å². The molecule has 1 saturated carbocycles. The normalized spacial score (nSPS) is 19.1. The zero-order chi connectivity index (χ0) is 15.0. The highest BCUT2D eigenvalue weighted by molar-refractivity contribution is 7.18. The average Bonchev–Trinajstić information content (AvgIpc) is 3.12. The second kappa shape index (κ2) is 5.64. The van der Waals surface area contributed by atoms with Crippen LogP contribution in [-0.4, -0.2) is 24.5 Å². The Morgan fingerprint density at radius 3 is 2.81 bits per heavy atom. The number of rotatable bonds is 3. The fourth-order valence-corrected chi connectivity index (χ4v) is 4.03. The van der Waals surface area contributed by atoms with Gasteiger partial charge in [0.2, 0.25) is 0 Å². The molecule has 1 fully saturated rings. The van der Waals surface area contributed by atoms with Crippen LogP contribution in [0, 0.1) is 5.92 Å². The van der Waals surface area contributed by atoms with E-state index in [2.05, 4.69) is 16.3 Å². The predicted octanol–water partition coefficient (Wildman–Crippen LogP) is 3.83. The Kier molecular flexibility index (Phi) is 4.00. The summed E-state index contributed by atoms with van der Waals surface area (Å²) in [6.07, 6.45) is 6.40. The van der Waals surface area contributed by atoms with Crippen molar-refractivity contribution in [2.24, 2.45) is 5.92 Å². The van der Waals surface area contributed by atoms with E-state index in [-0.39, 0.29) is 11.4 Å². The van der Waals surface area contributed by atoms with Gasteiger partial charge in [-0.2, -0.15) is 0 Å². The first-order valence-corrected chi connectivity index (χ1v) is 8.94. The number of nitrogens with one attached hydrogen (secondary N) is 1. The number of carbonyl (C=O) groups excluding carboxylic acids is 1. The highest BCUT2D eigenvalue weighted by Gasteiger charge is 2.28. The molecule has 1 aliphatic heterocycles. The summed E-state index contributed by atoms with van der Waals surface area (Å²) in [6, 6.07) is 2.13. The fraction of sp³-hybridized carbons (Fsp3) is 0.706. The number of aryl methyl sites for hydroxylation is 1. The van der Waals surface area contributed by atoms with Gasteiger partial charge in [-0.1, -0.05) is 0 Å². The molecule has 0 atom stereocenters. The summed E-state index contributed by atoms with van der Waals surface area (Å²) in [5.41, 5.74) is 1.21. The molecule has 4 heteroatoms. The molecule has 0 aromatic carbocycles. The fourth-order valence-electron chi connectivity index (χ4n) is 2.89. The molecule has 21 heavy (non-hydrogen) atoms. The Bertz CT molecular complexity index is 525. The molecule has 1 aromatic heterocycles. The molecule has 1 aliphatic carbocycles. The van der Waals surface area contributed by atoms with Gasteiger partial charge in [0.25, 0.3) is 5.91 Å². The first kappa shape index (κ1) is 14.9. The van der Waals surface area contributed by atoms with Crippen molar-refractivity contribution in [2.75, 3.05) is 18.0 Å². The quantitative estimate of drug-likeness (QED) is 0.920. The van der Waals surface area contributed by atoms with Gasteiger partial charge in [0, 0.05) is 18.6 Å². The van der Waals surface area contributed by atoms with Crippen LogP contribution < -0.4 is 10.2 Å². The molecule has 0 bridgehead atoms. The Morgan fingerprint density at radius 1 is 1.38 bits per heavy atom. The van der Waals surface area contributed by atoms with E-state index in [0.717, 1.165) is 23.8 Å². The first-order valence-electron chi connectivity index (χ1n) is 8.12. The number of thiophene rings is 1. The van der Waals surface area contributed by atoms with Crippen LogP contribution in [0.15, 0.2) is 6.07 Å². The standard InChI is InChI=1S/C17H26N2OS/c1-17(2,3)18-15(20)14-10-13-6-4-5-9-19(16(13)21-14)11-12-7-8-12/h10,12H,4-9,11H2,1-3H3,(H,18,20). The van der Waals surface area contributed by atoms with Crippen LogP contribution in [0.2, 0.25) is 0 Å². The lowest BCUT2D eigenvalue weighted by Crippen LogP contribution is -2.40. The third-order valence-corrected chi connectivity index (χ3v) is 5.32. The number of fused-ring (bicyclic) bond motifs is 1. The number of nitrogens with zero attached hydrogens (tertiary/aromatic N) is 1. The number of hydrogen-bond donors (Lipinski definition) is 1. The van der Waals surface area contributed by atoms with Crippen LogP contribution in [0.4, 0.5) is 5.00 Å². The summed E-state index contributed by atoms with van der Waals surface area (Å²) in [5, 5.41) is 4.44. The van der Waals surface area contributed by atoms with Crippen molar-refractivity contribution in [1.29, 1.82) is 0 Å². The summed E-state index contributed by atoms with van der Waals surface area (Å²) < 4.78 is 0. The van der Waals surface area contributed by atoms with Crippen molar-refractivity contribution in [3.63, 3.8) is 0 Å². The van der Waals surface area contributed by atoms with Crippen molar-refractivity contribution in [2.45, 2.75) is 58.4 Å². The molecule has 0 unspecified atom stereocenters. The average molecular weight is 306 g/mol. The van der Waals surface area contributed by atoms with Gasteiger partial charge >= 0.3 is 0 Å². The Balaban J connectivity index is 1.80. The molecule has 1 amide bonds. The number of hydrogen-bond acceptors (Lipinski definition) is 3. The zero-order valence-electron chi connectivity index (χ0n) is 13.4. The topological polar surface area (TPSA) is 32.3 Å². The van der Waals surface area contributed by atoms with Crippen LogP contribution >= 0.6 is 11.3 Å². The van der Waals surface area contributed by atoms with Crippen molar-refractivity contribution < 1.29 is 4.79 Å². The van der Waals surface area contributed by atoms with Gasteiger partial charge in [-0.25, -0.2) is 0 Å². The smallest absolute Gasteiger partial charge is 0.261 e. The van der Waals surface area contributed by atoms with Crippen molar-refractivity contribution in [3.8, 4) is 0 Å². The van der Waals surface area contributed by atoms with Crippen LogP contribution in [0.25, 0.3) is 0 Å². The molecule has 116 valence electrons. The molecular weight excluding hydrogens is 280 g/mol. The minimum Gasteiger partial charge on any atom is -0.363 e. The van der Waals surface area contributed by atoms with Gasteiger partial charge in [-0.05, 0) is 70.4 Å². The van der Waals surface area contributed by atoms with Crippen LogP contribution in [-0.2, 0) is 6.42 Å². The van der Waals surface area contributed by atoms with Crippen LogP contribution in [0.3, 0.4) is 0 Å². The molecule has 0 saturated heterocycles. The van der Waals surface area contributed by atoms with Gasteiger partial charge in [0.05, 0.1) is 9.88 Å². The van der Waals surface area contributed by atoms with E-state index < -0.39 is 0 Å². The van der Waals surface area contributed by atoms with Crippen molar-refractivity contribution in [3.05, 3.63) is 16.5 Å². The first-order chi connectivity index (χ1) is 9.92. The number of carbonyl (C=O) groups is 1. The van der Waals surface area contributed by atoms with Gasteiger partial charge in [0.15, 0.2) is 0 Å². The maximum absolute atomic E-state index is 12.4. The minimum absolute atomic E-state index is 0.0759. The number of anilines is 1. The Morgan fingerprint density at radius 2 is 2.14 bits per heavy atom. The molecule has 1 N–H and O–H groups in total. The summed E-state index contributed by atoms with van der Waals surface area (Å²) in [6.45, 7) is 8.44. The SMILES string of the molecule is CC(C)(C)NC(=O)c1cc2c(s1)N(CC1CC1)CCCC2. The lowest BCUT2D eigenvalue weighted by atomic mass is 10.1. The van der Waals surface area contributed by atoms with E-state index in [1.807, 2.05) is 20.8 Å². The molecule has 3 nitrogen and oxygen atoms in total. The molecule has 1 aromatic rings. The van der Waals surface area contributed by atoms with Gasteiger partial charge in [-0.3, -0.25) is 4.79 Å². The summed E-state index contributed by atoms with van der Waals surface area (Å²) in [4.78, 5) is 15.8. The minimum atomic E-state index is -0.174. The second-order valence-electron chi connectivity index (χ2n) is 7.49. The highest BCUT2D eigenvalue weighted by atomic mass is 32.1. The summed E-state index contributed by atoms with van der Waals surface area (Å²) >= 11 is 1.69. The van der Waals surface area contributed by atoms with E-state index >= 15 is 0 Å². The number of amides is 1. The summed E-state index contributed by atoms with van der Waals surface area (Å²) in [7, 11) is 0. The van der Waals surface area contributed by atoms with Crippen molar-refractivity contribution >= 4 is 22.2 Å². The Labute approximate surface area is 131 Å². The van der Waals surface area contributed by atoms with Crippen molar-refractivity contribution in [1.82, 2.24) is 5.32 Å². The largest absolute Gasteiger partial charge is 0.363 e. The molecular formula is C17H26N2OS. The lowest BCUT2D eigenvalue weighted by molar-refractivity contribution is 0.0923. The molecule has 3 rings (SSSR count). The van der Waals surface area contributed by atoms with Gasteiger partial charge in [0.1, 0.15) is 0 Å². The van der Waals surface area contributed by atoms with Crippen LogP contribution in [0.1, 0.15) is 61.7 Å². The third kappa shape index (κ3) is 3.79. The van der Waals surface area contributed by atoms with Crippen LogP contribution in [0.5, 0.6) is 0 Å². The zero-order valence-corrected chi connectivity index (χ0v) is 14.2. The predicted molar refractivity (Wildman–Crippen MR) is 89.4 cm³/mol. The Hall–Kier alpha value is -1.03. The van der Waals surface area contributed by atoms with Gasteiger partial charge in [-0.15, -0.1) is 11.3 Å². The van der Waals surface area contributed by atoms with Gasteiger partial charge < -0.3 is 10.2 Å².